The number of rotatable bonds is 7. The van der Waals surface area contributed by atoms with Crippen LogP contribution in [-0.2, 0) is 6.42 Å². The summed E-state index contributed by atoms with van der Waals surface area (Å²) in [6.45, 7) is 0.428. The van der Waals surface area contributed by atoms with Gasteiger partial charge in [-0.1, -0.05) is 24.3 Å². The molecule has 0 radical (unpaired) electrons. The minimum Gasteiger partial charge on any atom is -0.490 e. The van der Waals surface area contributed by atoms with Crippen molar-refractivity contribution in [2.75, 3.05) is 6.61 Å². The Hall–Kier alpha value is -3.64. The van der Waals surface area contributed by atoms with Gasteiger partial charge in [-0.25, -0.2) is 0 Å². The Morgan fingerprint density at radius 3 is 2.81 bits per heavy atom. The molecule has 160 valence electrons. The van der Waals surface area contributed by atoms with Crippen molar-refractivity contribution >= 4 is 21.8 Å². The van der Waals surface area contributed by atoms with Crippen LogP contribution in [0.15, 0.2) is 67.1 Å². The molecule has 2 aromatic carbocycles. The molecule has 0 aliphatic heterocycles. The predicted octanol–water partition coefficient (Wildman–Crippen LogP) is 4.93. The minimum atomic E-state index is -0.110. The summed E-state index contributed by atoms with van der Waals surface area (Å²) in [5.74, 6) is 1.33. The van der Waals surface area contributed by atoms with Crippen molar-refractivity contribution in [2.45, 2.75) is 31.2 Å². The molecule has 0 saturated heterocycles. The van der Waals surface area contributed by atoms with Gasteiger partial charge in [-0.2, -0.15) is 5.10 Å². The highest BCUT2D eigenvalue weighted by molar-refractivity contribution is 5.87. The number of para-hydroxylation sites is 1. The van der Waals surface area contributed by atoms with E-state index in [2.05, 4.69) is 50.5 Å². The van der Waals surface area contributed by atoms with Crippen LogP contribution in [0.2, 0.25) is 0 Å². The number of pyridine rings is 1. The summed E-state index contributed by atoms with van der Waals surface area (Å²) in [4.78, 5) is 7.70. The molecule has 1 aliphatic rings. The molecule has 32 heavy (non-hydrogen) atoms. The molecule has 5 aromatic rings. The molecule has 0 unspecified atom stereocenters. The quantitative estimate of drug-likeness (QED) is 0.346. The third-order valence-electron chi connectivity index (χ3n) is 6.22. The number of ether oxygens (including phenoxy) is 1. The molecule has 3 heterocycles. The average molecular weight is 424 g/mol. The summed E-state index contributed by atoms with van der Waals surface area (Å²) < 4.78 is 6.02. The van der Waals surface area contributed by atoms with Crippen LogP contribution in [0, 0.1) is 0 Å². The summed E-state index contributed by atoms with van der Waals surface area (Å²) in [6.07, 6.45) is 8.86. The molecule has 6 heteroatoms. The van der Waals surface area contributed by atoms with Crippen LogP contribution in [0.5, 0.6) is 5.75 Å². The Labute approximate surface area is 185 Å². The zero-order chi connectivity index (χ0) is 21.5. The first-order valence-corrected chi connectivity index (χ1v) is 11.1. The number of H-pyrrole nitrogens is 2. The zero-order valence-electron chi connectivity index (χ0n) is 17.7. The minimum absolute atomic E-state index is 0.110. The second-order valence-corrected chi connectivity index (χ2v) is 8.69. The number of hydrogen-bond acceptors (Lipinski definition) is 4. The van der Waals surface area contributed by atoms with Gasteiger partial charge in [0.1, 0.15) is 12.4 Å². The maximum atomic E-state index is 6.38. The lowest BCUT2D eigenvalue weighted by molar-refractivity contribution is 0.287. The number of nitrogens with zero attached hydrogens (tertiary/aromatic N) is 2. The lowest BCUT2D eigenvalue weighted by atomic mass is 10.0. The van der Waals surface area contributed by atoms with E-state index in [1.165, 1.54) is 34.9 Å². The van der Waals surface area contributed by atoms with E-state index in [9.17, 15) is 0 Å². The van der Waals surface area contributed by atoms with E-state index < -0.39 is 0 Å². The van der Waals surface area contributed by atoms with E-state index in [1.54, 1.807) is 6.20 Å². The standard InChI is InChI=1S/C26H25N5O/c27-20(9-19-13-29-24-4-2-1-3-22(19)24)15-32-21-10-18(12-28-14-21)17-7-8-25-23(11-17)26(31-30-25)16-5-6-16/h1-4,7-8,10-14,16,20,29H,5-6,9,15,27H2,(H,30,31)/t20-/m0/s1. The van der Waals surface area contributed by atoms with Gasteiger partial charge in [-0.3, -0.25) is 10.1 Å². The van der Waals surface area contributed by atoms with Gasteiger partial charge in [0.05, 0.1) is 17.4 Å². The first-order chi connectivity index (χ1) is 15.7. The van der Waals surface area contributed by atoms with Crippen molar-refractivity contribution in [3.8, 4) is 16.9 Å². The monoisotopic (exact) mass is 423 g/mol. The van der Waals surface area contributed by atoms with E-state index in [1.807, 2.05) is 30.6 Å². The highest BCUT2D eigenvalue weighted by Gasteiger charge is 2.28. The highest BCUT2D eigenvalue weighted by atomic mass is 16.5. The van der Waals surface area contributed by atoms with Crippen LogP contribution in [-0.4, -0.2) is 32.8 Å². The fourth-order valence-corrected chi connectivity index (χ4v) is 4.38. The lowest BCUT2D eigenvalue weighted by Gasteiger charge is -2.13. The van der Waals surface area contributed by atoms with Crippen LogP contribution in [0.25, 0.3) is 32.9 Å². The van der Waals surface area contributed by atoms with Crippen LogP contribution in [0.4, 0.5) is 0 Å². The Balaban J connectivity index is 1.17. The van der Waals surface area contributed by atoms with Gasteiger partial charge < -0.3 is 15.5 Å². The summed E-state index contributed by atoms with van der Waals surface area (Å²) in [5, 5.41) is 10.1. The van der Waals surface area contributed by atoms with Gasteiger partial charge in [0, 0.05) is 46.2 Å². The lowest BCUT2D eigenvalue weighted by Crippen LogP contribution is -2.30. The summed E-state index contributed by atoms with van der Waals surface area (Å²) in [7, 11) is 0. The topological polar surface area (TPSA) is 92.6 Å². The number of aromatic nitrogens is 4. The maximum Gasteiger partial charge on any atom is 0.138 e. The maximum absolute atomic E-state index is 6.38. The van der Waals surface area contributed by atoms with E-state index in [-0.39, 0.29) is 6.04 Å². The normalized spacial score (nSPS) is 14.8. The van der Waals surface area contributed by atoms with Crippen LogP contribution in [0.1, 0.15) is 30.0 Å². The molecule has 1 fully saturated rings. The van der Waals surface area contributed by atoms with E-state index in [0.29, 0.717) is 12.5 Å². The third kappa shape index (κ3) is 3.63. The summed E-state index contributed by atoms with van der Waals surface area (Å²) in [5.41, 5.74) is 13.1. The van der Waals surface area contributed by atoms with Gasteiger partial charge in [0.25, 0.3) is 0 Å². The molecule has 0 amide bonds. The fraction of sp³-hybridized carbons (Fsp3) is 0.231. The van der Waals surface area contributed by atoms with Crippen molar-refractivity contribution in [3.63, 3.8) is 0 Å². The Morgan fingerprint density at radius 2 is 1.91 bits per heavy atom. The van der Waals surface area contributed by atoms with Gasteiger partial charge in [-0.05, 0) is 54.7 Å². The van der Waals surface area contributed by atoms with Gasteiger partial charge >= 0.3 is 0 Å². The smallest absolute Gasteiger partial charge is 0.138 e. The first kappa shape index (κ1) is 19.1. The summed E-state index contributed by atoms with van der Waals surface area (Å²) in [6, 6.07) is 16.6. The number of aromatic amines is 2. The van der Waals surface area contributed by atoms with Crippen LogP contribution in [0.3, 0.4) is 0 Å². The molecule has 6 nitrogen and oxygen atoms in total. The Bertz CT molecular complexity index is 1400. The molecular weight excluding hydrogens is 398 g/mol. The molecule has 1 saturated carbocycles. The molecular formula is C26H25N5O. The fourth-order valence-electron chi connectivity index (χ4n) is 4.38. The van der Waals surface area contributed by atoms with Crippen molar-refractivity contribution in [3.05, 3.63) is 78.4 Å². The number of hydrogen-bond donors (Lipinski definition) is 3. The van der Waals surface area contributed by atoms with Crippen LogP contribution < -0.4 is 10.5 Å². The third-order valence-corrected chi connectivity index (χ3v) is 6.22. The van der Waals surface area contributed by atoms with Gasteiger partial charge in [-0.15, -0.1) is 0 Å². The molecule has 6 rings (SSSR count). The number of nitrogens with one attached hydrogen (secondary N) is 2. The number of nitrogens with two attached hydrogens (primary N) is 1. The Morgan fingerprint density at radius 1 is 1.00 bits per heavy atom. The van der Waals surface area contributed by atoms with Crippen LogP contribution >= 0.6 is 0 Å². The van der Waals surface area contributed by atoms with E-state index in [4.69, 9.17) is 10.5 Å². The Kier molecular flexibility index (Phi) is 4.65. The van der Waals surface area contributed by atoms with Gasteiger partial charge in [0.2, 0.25) is 0 Å². The number of benzene rings is 2. The van der Waals surface area contributed by atoms with Gasteiger partial charge in [0.15, 0.2) is 0 Å². The summed E-state index contributed by atoms with van der Waals surface area (Å²) >= 11 is 0. The molecule has 1 aliphatic carbocycles. The predicted molar refractivity (Wildman–Crippen MR) is 127 cm³/mol. The highest BCUT2D eigenvalue weighted by Crippen LogP contribution is 2.42. The second kappa shape index (κ2) is 7.80. The first-order valence-electron chi connectivity index (χ1n) is 11.1. The molecule has 4 N–H and O–H groups in total. The van der Waals surface area contributed by atoms with Crippen molar-refractivity contribution < 1.29 is 4.74 Å². The number of fused-ring (bicyclic) bond motifs is 2. The molecule has 3 aromatic heterocycles. The van der Waals surface area contributed by atoms with Crippen molar-refractivity contribution in [2.24, 2.45) is 5.73 Å². The van der Waals surface area contributed by atoms with E-state index >= 15 is 0 Å². The SMILES string of the molecule is N[C@H](COc1cncc(-c2ccc3[nH]nc(C4CC4)c3c2)c1)Cc1c[nH]c2ccccc12. The molecule has 0 spiro atoms. The van der Waals surface area contributed by atoms with Crippen molar-refractivity contribution in [1.29, 1.82) is 0 Å². The second-order valence-electron chi connectivity index (χ2n) is 8.69. The van der Waals surface area contributed by atoms with Crippen molar-refractivity contribution in [1.82, 2.24) is 20.2 Å². The largest absolute Gasteiger partial charge is 0.490 e. The molecule has 1 atom stereocenters. The van der Waals surface area contributed by atoms with E-state index in [0.717, 1.165) is 34.3 Å². The zero-order valence-corrected chi connectivity index (χ0v) is 17.7. The molecule has 0 bridgehead atoms. The average Bonchev–Trinajstić information content (AvgIpc) is 3.46.